The third kappa shape index (κ3) is 7.49. The van der Waals surface area contributed by atoms with Gasteiger partial charge in [0.05, 0.1) is 44.1 Å². The fraction of sp³-hybridized carbons (Fsp3) is 0.367. The van der Waals surface area contributed by atoms with Gasteiger partial charge in [0, 0.05) is 26.5 Å². The number of esters is 1. The van der Waals surface area contributed by atoms with E-state index in [1.807, 2.05) is 58.8 Å². The maximum atomic E-state index is 13.4. The summed E-state index contributed by atoms with van der Waals surface area (Å²) in [4.78, 5) is 32.8. The number of hydrogen-bond acceptors (Lipinski definition) is 10. The van der Waals surface area contributed by atoms with Crippen molar-refractivity contribution in [1.82, 2.24) is 10.2 Å². The number of fused-ring (bicyclic) bond motifs is 1. The van der Waals surface area contributed by atoms with Crippen LogP contribution in [0.4, 0.5) is 0 Å². The van der Waals surface area contributed by atoms with E-state index < -0.39 is 12.0 Å². The maximum absolute atomic E-state index is 13.4. The highest BCUT2D eigenvalue weighted by Gasteiger charge is 2.41. The van der Waals surface area contributed by atoms with Crippen molar-refractivity contribution in [3.8, 4) is 11.5 Å². The number of methoxy groups -OCH3 is 3. The average Bonchev–Trinajstić information content (AvgIpc) is 3.37. The Morgan fingerprint density at radius 3 is 2.51 bits per heavy atom. The van der Waals surface area contributed by atoms with Crippen molar-refractivity contribution < 1.29 is 33.3 Å². The Morgan fingerprint density at radius 1 is 1.00 bits per heavy atom. The number of allylic oxidation sites excluding steroid dienone is 1. The topological polar surface area (TPSA) is 108 Å². The molecule has 2 aliphatic heterocycles. The molecule has 1 N–H and O–H groups in total. The van der Waals surface area contributed by atoms with E-state index in [1.54, 1.807) is 28.3 Å². The second-order valence-corrected chi connectivity index (χ2v) is 10.1. The molecule has 10 nitrogen and oxygen atoms in total. The van der Waals surface area contributed by atoms with Crippen LogP contribution in [0.1, 0.15) is 30.5 Å². The number of amides is 1. The van der Waals surface area contributed by atoms with Crippen LogP contribution in [0, 0.1) is 0 Å². The van der Waals surface area contributed by atoms with Crippen molar-refractivity contribution in [3.63, 3.8) is 0 Å². The van der Waals surface area contributed by atoms with Crippen LogP contribution in [0.3, 0.4) is 0 Å². The predicted octanol–water partition coefficient (Wildman–Crippen LogP) is 4.19. The minimum Gasteiger partial charge on any atom is -0.493 e. The molecule has 1 atom stereocenters. The van der Waals surface area contributed by atoms with Crippen LogP contribution in [0.25, 0.3) is 0 Å². The number of hydrogen-bond donors (Lipinski definition) is 1. The fourth-order valence-electron chi connectivity index (χ4n) is 4.47. The number of amidine groups is 1. The number of nitrogens with zero attached hydrogens (tertiary/aromatic N) is 2. The molecule has 0 aliphatic carbocycles. The van der Waals surface area contributed by atoms with Gasteiger partial charge in [0.25, 0.3) is 0 Å². The lowest BCUT2D eigenvalue weighted by atomic mass is 9.93. The summed E-state index contributed by atoms with van der Waals surface area (Å²) in [5.74, 6) is 0.420. The second kappa shape index (κ2) is 14.7. The summed E-state index contributed by atoms with van der Waals surface area (Å²) in [7, 11) is 4.70. The molecule has 4 rings (SSSR count). The quantitative estimate of drug-likeness (QED) is 0.260. The molecule has 0 saturated carbocycles. The number of aliphatic imine (C=N–C) groups is 1. The van der Waals surface area contributed by atoms with Crippen LogP contribution in [-0.2, 0) is 30.4 Å². The van der Waals surface area contributed by atoms with Gasteiger partial charge in [0.2, 0.25) is 5.91 Å². The molecule has 2 aromatic rings. The summed E-state index contributed by atoms with van der Waals surface area (Å²) in [6, 6.07) is 14.8. The summed E-state index contributed by atoms with van der Waals surface area (Å²) in [5, 5.41) is 5.42. The van der Waals surface area contributed by atoms with Gasteiger partial charge in [0.1, 0.15) is 13.2 Å². The third-order valence-electron chi connectivity index (χ3n) is 6.45. The van der Waals surface area contributed by atoms with E-state index in [1.165, 1.54) is 11.8 Å². The first-order valence-corrected chi connectivity index (χ1v) is 14.1. The SMILES string of the molecule is COCCNC(=O)CC1=CSC2=NC(C)=C(C(=O)OCCOC)C(c3ccc(OCc4ccccc4)c(OC)c3)N12. The lowest BCUT2D eigenvalue weighted by molar-refractivity contribution is -0.141. The highest BCUT2D eigenvalue weighted by Crippen LogP contribution is 2.46. The van der Waals surface area contributed by atoms with Gasteiger partial charge in [-0.1, -0.05) is 48.2 Å². The number of rotatable bonds is 14. The molecule has 2 aliphatic rings. The number of benzene rings is 2. The van der Waals surface area contributed by atoms with Crippen molar-refractivity contribution in [2.75, 3.05) is 47.7 Å². The Kier molecular flexibility index (Phi) is 10.8. The fourth-order valence-corrected chi connectivity index (χ4v) is 5.43. The van der Waals surface area contributed by atoms with E-state index in [9.17, 15) is 9.59 Å². The van der Waals surface area contributed by atoms with E-state index in [0.29, 0.717) is 53.4 Å². The predicted molar refractivity (Wildman–Crippen MR) is 156 cm³/mol. The van der Waals surface area contributed by atoms with E-state index in [-0.39, 0.29) is 25.5 Å². The molecule has 0 fully saturated rings. The molecule has 0 radical (unpaired) electrons. The van der Waals surface area contributed by atoms with Crippen molar-refractivity contribution in [2.45, 2.75) is 26.0 Å². The zero-order valence-corrected chi connectivity index (χ0v) is 24.5. The Morgan fingerprint density at radius 2 is 1.78 bits per heavy atom. The number of carbonyl (C=O) groups is 2. The maximum Gasteiger partial charge on any atom is 0.338 e. The van der Waals surface area contributed by atoms with Crippen molar-refractivity contribution in [1.29, 1.82) is 0 Å². The third-order valence-corrected chi connectivity index (χ3v) is 7.34. The summed E-state index contributed by atoms with van der Waals surface area (Å²) in [5.41, 5.74) is 3.41. The number of thioether (sulfide) groups is 1. The molecular weight excluding hydrogens is 546 g/mol. The van der Waals surface area contributed by atoms with Gasteiger partial charge in [0.15, 0.2) is 16.7 Å². The normalized spacial score (nSPS) is 16.1. The van der Waals surface area contributed by atoms with Gasteiger partial charge in [-0.2, -0.15) is 0 Å². The molecule has 41 heavy (non-hydrogen) atoms. The van der Waals surface area contributed by atoms with Gasteiger partial charge in [-0.15, -0.1) is 0 Å². The van der Waals surface area contributed by atoms with Gasteiger partial charge in [-0.3, -0.25) is 4.79 Å². The molecule has 0 aromatic heterocycles. The Labute approximate surface area is 244 Å². The summed E-state index contributed by atoms with van der Waals surface area (Å²) < 4.78 is 27.4. The first-order chi connectivity index (χ1) is 20.0. The monoisotopic (exact) mass is 581 g/mol. The molecule has 0 spiro atoms. The van der Waals surface area contributed by atoms with E-state index in [4.69, 9.17) is 28.7 Å². The zero-order chi connectivity index (χ0) is 29.2. The molecule has 0 bridgehead atoms. The summed E-state index contributed by atoms with van der Waals surface area (Å²) in [6.07, 6.45) is 0.104. The zero-order valence-electron chi connectivity index (χ0n) is 23.7. The molecule has 218 valence electrons. The van der Waals surface area contributed by atoms with E-state index in [0.717, 1.165) is 11.1 Å². The van der Waals surface area contributed by atoms with Gasteiger partial charge in [-0.05, 0) is 35.6 Å². The first-order valence-electron chi connectivity index (χ1n) is 13.2. The van der Waals surface area contributed by atoms with Crippen LogP contribution < -0.4 is 14.8 Å². The lowest BCUT2D eigenvalue weighted by Crippen LogP contribution is -2.38. The standard InChI is InChI=1S/C30H35N3O7S/c1-20-27(29(35)39-15-14-37-3)28(33-23(19-41-30(33)32-20)17-26(34)31-12-13-36-2)22-10-11-24(25(16-22)38-4)40-18-21-8-6-5-7-9-21/h5-11,16,19,28H,12-15,17-18H2,1-4H3,(H,31,34). The Balaban J connectivity index is 1.66. The molecule has 11 heteroatoms. The molecule has 2 heterocycles. The highest BCUT2D eigenvalue weighted by atomic mass is 32.2. The van der Waals surface area contributed by atoms with Gasteiger partial charge < -0.3 is 33.9 Å². The molecule has 1 unspecified atom stereocenters. The molecule has 0 saturated heterocycles. The van der Waals surface area contributed by atoms with Crippen molar-refractivity contribution >= 4 is 28.8 Å². The summed E-state index contributed by atoms with van der Waals surface area (Å²) >= 11 is 1.41. The van der Waals surface area contributed by atoms with Crippen LogP contribution in [-0.4, -0.2) is 69.6 Å². The van der Waals surface area contributed by atoms with Crippen molar-refractivity contribution in [3.05, 3.63) is 82.0 Å². The van der Waals surface area contributed by atoms with Crippen molar-refractivity contribution in [2.24, 2.45) is 4.99 Å². The van der Waals surface area contributed by atoms with Crippen LogP contribution in [0.5, 0.6) is 11.5 Å². The van der Waals surface area contributed by atoms with Gasteiger partial charge in [-0.25, -0.2) is 9.79 Å². The largest absolute Gasteiger partial charge is 0.493 e. The number of ether oxygens (including phenoxy) is 5. The second-order valence-electron chi connectivity index (χ2n) is 9.23. The Bertz CT molecular complexity index is 1330. The van der Waals surface area contributed by atoms with Crippen LogP contribution in [0.15, 0.2) is 75.9 Å². The van der Waals surface area contributed by atoms with Crippen LogP contribution in [0.2, 0.25) is 0 Å². The molecular formula is C30H35N3O7S. The lowest BCUT2D eigenvalue weighted by Gasteiger charge is -2.36. The van der Waals surface area contributed by atoms with Gasteiger partial charge >= 0.3 is 5.97 Å². The average molecular weight is 582 g/mol. The smallest absolute Gasteiger partial charge is 0.338 e. The highest BCUT2D eigenvalue weighted by molar-refractivity contribution is 8.16. The summed E-state index contributed by atoms with van der Waals surface area (Å²) in [6.45, 7) is 3.35. The number of carbonyl (C=O) groups excluding carboxylic acids is 2. The molecule has 1 amide bonds. The minimum atomic E-state index is -0.609. The first kappa shape index (κ1) is 30.2. The van der Waals surface area contributed by atoms with E-state index >= 15 is 0 Å². The van der Waals surface area contributed by atoms with Crippen LogP contribution >= 0.6 is 11.8 Å². The number of nitrogens with one attached hydrogen (secondary N) is 1. The van der Waals surface area contributed by atoms with E-state index in [2.05, 4.69) is 5.32 Å². The minimum absolute atomic E-state index is 0.102. The molecule has 2 aromatic carbocycles. The Hall–Kier alpha value is -3.80.